The van der Waals surface area contributed by atoms with Crippen LogP contribution in [-0.4, -0.2) is 31.1 Å². The molecule has 2 bridgehead atoms. The monoisotopic (exact) mass is 296 g/mol. The van der Waals surface area contributed by atoms with Gasteiger partial charge in [0.05, 0.1) is 12.5 Å². The smallest absolute Gasteiger partial charge is 0.309 e. The van der Waals surface area contributed by atoms with Gasteiger partial charge in [0.1, 0.15) is 5.60 Å². The molecule has 0 aromatic rings. The minimum absolute atomic E-state index is 0.0107. The van der Waals surface area contributed by atoms with Crippen molar-refractivity contribution >= 4 is 5.97 Å². The van der Waals surface area contributed by atoms with Gasteiger partial charge in [0, 0.05) is 25.4 Å². The van der Waals surface area contributed by atoms with E-state index in [0.717, 1.165) is 45.1 Å². The molecule has 1 spiro atoms. The summed E-state index contributed by atoms with van der Waals surface area (Å²) in [6.45, 7) is 6.57. The van der Waals surface area contributed by atoms with Crippen LogP contribution in [0.1, 0.15) is 59.3 Å². The Hall–Kier alpha value is -0.610. The Morgan fingerprint density at radius 3 is 2.67 bits per heavy atom. The predicted octanol–water partition coefficient (Wildman–Crippen LogP) is 3.29. The zero-order chi connectivity index (χ0) is 15.3. The number of ether oxygens (including phenoxy) is 3. The second kappa shape index (κ2) is 4.95. The molecule has 2 saturated carbocycles. The lowest BCUT2D eigenvalue weighted by Crippen LogP contribution is -2.48. The molecule has 0 radical (unpaired) electrons. The molecule has 1 saturated heterocycles. The van der Waals surface area contributed by atoms with E-state index in [9.17, 15) is 4.79 Å². The quantitative estimate of drug-likeness (QED) is 0.734. The van der Waals surface area contributed by atoms with Crippen molar-refractivity contribution in [1.82, 2.24) is 0 Å². The van der Waals surface area contributed by atoms with E-state index in [1.54, 1.807) is 7.11 Å². The molecular weight excluding hydrogens is 268 g/mol. The molecule has 3 rings (SSSR count). The minimum Gasteiger partial charge on any atom is -0.460 e. The molecule has 3 fully saturated rings. The standard InChI is InChI=1S/C17H28O4/c1-15(2,3)21-14(18)12-6-5-8-16-10-17(19-4,20-11-16)9-7-13(12)16/h12-13H,5-11H2,1-4H3/t12?,13-,16+,17-/m0/s1. The third kappa shape index (κ3) is 2.61. The highest BCUT2D eigenvalue weighted by Gasteiger charge is 2.61. The number of hydrogen-bond donors (Lipinski definition) is 0. The topological polar surface area (TPSA) is 44.8 Å². The second-order valence-corrected chi connectivity index (χ2v) is 8.12. The molecule has 2 aliphatic carbocycles. The molecule has 120 valence electrons. The third-order valence-electron chi connectivity index (χ3n) is 5.62. The Morgan fingerprint density at radius 1 is 1.24 bits per heavy atom. The summed E-state index contributed by atoms with van der Waals surface area (Å²) in [6.07, 6.45) is 6.06. The number of rotatable bonds is 2. The fourth-order valence-corrected chi connectivity index (χ4v) is 4.74. The molecule has 21 heavy (non-hydrogen) atoms. The van der Waals surface area contributed by atoms with Crippen molar-refractivity contribution in [3.63, 3.8) is 0 Å². The molecule has 1 aliphatic heterocycles. The number of hydrogen-bond acceptors (Lipinski definition) is 4. The van der Waals surface area contributed by atoms with Gasteiger partial charge in [-0.1, -0.05) is 6.42 Å². The Bertz CT molecular complexity index is 427. The molecule has 1 unspecified atom stereocenters. The van der Waals surface area contributed by atoms with Crippen LogP contribution in [0, 0.1) is 17.3 Å². The molecule has 0 aromatic heterocycles. The van der Waals surface area contributed by atoms with Crippen LogP contribution in [0.2, 0.25) is 0 Å². The largest absolute Gasteiger partial charge is 0.460 e. The van der Waals surface area contributed by atoms with E-state index in [1.807, 2.05) is 20.8 Å². The van der Waals surface area contributed by atoms with E-state index in [0.29, 0.717) is 5.92 Å². The molecule has 0 aromatic carbocycles. The average Bonchev–Trinajstić information content (AvgIpc) is 2.69. The van der Waals surface area contributed by atoms with Crippen LogP contribution in [0.3, 0.4) is 0 Å². The summed E-state index contributed by atoms with van der Waals surface area (Å²) in [7, 11) is 1.74. The summed E-state index contributed by atoms with van der Waals surface area (Å²) in [5.41, 5.74) is -0.271. The predicted molar refractivity (Wildman–Crippen MR) is 78.7 cm³/mol. The first-order valence-electron chi connectivity index (χ1n) is 8.21. The van der Waals surface area contributed by atoms with Gasteiger partial charge in [-0.15, -0.1) is 0 Å². The maximum absolute atomic E-state index is 12.6. The van der Waals surface area contributed by atoms with Gasteiger partial charge in [0.2, 0.25) is 0 Å². The van der Waals surface area contributed by atoms with Gasteiger partial charge in [0.15, 0.2) is 5.79 Å². The van der Waals surface area contributed by atoms with Crippen molar-refractivity contribution in [1.29, 1.82) is 0 Å². The summed E-state index contributed by atoms with van der Waals surface area (Å²) >= 11 is 0. The summed E-state index contributed by atoms with van der Waals surface area (Å²) in [6, 6.07) is 0. The van der Waals surface area contributed by atoms with Crippen molar-refractivity contribution in [2.45, 2.75) is 70.7 Å². The first-order valence-corrected chi connectivity index (χ1v) is 8.21. The summed E-state index contributed by atoms with van der Waals surface area (Å²) < 4.78 is 17.3. The zero-order valence-electron chi connectivity index (χ0n) is 13.7. The summed E-state index contributed by atoms with van der Waals surface area (Å²) in [5.74, 6) is 0.0385. The van der Waals surface area contributed by atoms with Gasteiger partial charge in [-0.05, 0) is 46.0 Å². The highest BCUT2D eigenvalue weighted by atomic mass is 16.7. The van der Waals surface area contributed by atoms with Crippen molar-refractivity contribution in [3.05, 3.63) is 0 Å². The molecule has 4 atom stereocenters. The van der Waals surface area contributed by atoms with Crippen molar-refractivity contribution in [3.8, 4) is 0 Å². The molecule has 1 heterocycles. The van der Waals surface area contributed by atoms with E-state index >= 15 is 0 Å². The molecule has 4 nitrogen and oxygen atoms in total. The van der Waals surface area contributed by atoms with Gasteiger partial charge in [-0.25, -0.2) is 0 Å². The SMILES string of the molecule is CO[C@@]12CC[C@H]3C(C(=O)OC(C)(C)C)CCC[C@]3(CO1)C2. The van der Waals surface area contributed by atoms with Crippen LogP contribution in [-0.2, 0) is 19.0 Å². The first kappa shape index (κ1) is 15.3. The maximum atomic E-state index is 12.6. The Labute approximate surface area is 127 Å². The minimum atomic E-state index is -0.404. The fourth-order valence-electron chi connectivity index (χ4n) is 4.74. The second-order valence-electron chi connectivity index (χ2n) is 8.12. The van der Waals surface area contributed by atoms with Crippen LogP contribution in [0.4, 0.5) is 0 Å². The van der Waals surface area contributed by atoms with Crippen molar-refractivity contribution in [2.75, 3.05) is 13.7 Å². The van der Waals surface area contributed by atoms with Gasteiger partial charge >= 0.3 is 5.97 Å². The van der Waals surface area contributed by atoms with Crippen LogP contribution in [0.5, 0.6) is 0 Å². The molecule has 3 aliphatic rings. The Balaban J connectivity index is 1.79. The lowest BCUT2D eigenvalue weighted by Gasteiger charge is -2.48. The fraction of sp³-hybridized carbons (Fsp3) is 0.941. The Morgan fingerprint density at radius 2 is 2.00 bits per heavy atom. The van der Waals surface area contributed by atoms with Gasteiger partial charge in [-0.2, -0.15) is 0 Å². The number of methoxy groups -OCH3 is 1. The maximum Gasteiger partial charge on any atom is 0.309 e. The van der Waals surface area contributed by atoms with E-state index in [4.69, 9.17) is 14.2 Å². The lowest BCUT2D eigenvalue weighted by molar-refractivity contribution is -0.204. The third-order valence-corrected chi connectivity index (χ3v) is 5.62. The van der Waals surface area contributed by atoms with Crippen LogP contribution in [0.15, 0.2) is 0 Å². The van der Waals surface area contributed by atoms with E-state index in [-0.39, 0.29) is 23.1 Å². The number of carbonyl (C=O) groups excluding carboxylic acids is 1. The zero-order valence-corrected chi connectivity index (χ0v) is 13.7. The number of esters is 1. The number of fused-ring (bicyclic) bond motifs is 1. The van der Waals surface area contributed by atoms with Crippen LogP contribution in [0.25, 0.3) is 0 Å². The Kier molecular flexibility index (Phi) is 3.61. The van der Waals surface area contributed by atoms with Crippen LogP contribution >= 0.6 is 0 Å². The lowest BCUT2D eigenvalue weighted by atomic mass is 9.56. The van der Waals surface area contributed by atoms with E-state index < -0.39 is 5.60 Å². The van der Waals surface area contributed by atoms with Gasteiger partial charge < -0.3 is 14.2 Å². The molecular formula is C17H28O4. The normalized spacial score (nSPS) is 42.5. The number of carbonyl (C=O) groups is 1. The highest BCUT2D eigenvalue weighted by molar-refractivity contribution is 5.73. The molecule has 4 heteroatoms. The summed E-state index contributed by atoms with van der Waals surface area (Å²) in [4.78, 5) is 12.6. The molecule has 0 amide bonds. The van der Waals surface area contributed by atoms with E-state index in [2.05, 4.69) is 0 Å². The van der Waals surface area contributed by atoms with Gasteiger partial charge in [0.25, 0.3) is 0 Å². The highest BCUT2D eigenvalue weighted by Crippen LogP contribution is 2.60. The van der Waals surface area contributed by atoms with E-state index in [1.165, 1.54) is 0 Å². The van der Waals surface area contributed by atoms with Crippen molar-refractivity contribution < 1.29 is 19.0 Å². The first-order chi connectivity index (χ1) is 9.79. The average molecular weight is 296 g/mol. The molecule has 0 N–H and O–H groups in total. The van der Waals surface area contributed by atoms with Gasteiger partial charge in [-0.3, -0.25) is 4.79 Å². The van der Waals surface area contributed by atoms with Crippen molar-refractivity contribution in [2.24, 2.45) is 17.3 Å². The van der Waals surface area contributed by atoms with Crippen LogP contribution < -0.4 is 0 Å². The summed E-state index contributed by atoms with van der Waals surface area (Å²) in [5, 5.41) is 0.